The predicted octanol–water partition coefficient (Wildman–Crippen LogP) is 3.05. The first-order chi connectivity index (χ1) is 10.3. The second-order valence-corrected chi connectivity index (χ2v) is 6.05. The fraction of sp³-hybridized carbons (Fsp3) is 0.412. The van der Waals surface area contributed by atoms with Crippen molar-refractivity contribution in [2.75, 3.05) is 13.1 Å². The molecule has 124 valence electrons. The van der Waals surface area contributed by atoms with Crippen LogP contribution in [-0.2, 0) is 0 Å². The summed E-state index contributed by atoms with van der Waals surface area (Å²) < 4.78 is 0. The Morgan fingerprint density at radius 1 is 1.17 bits per heavy atom. The smallest absolute Gasteiger partial charge is 0.252 e. The zero-order valence-corrected chi connectivity index (χ0v) is 14.4. The average Bonchev–Trinajstić information content (AvgIpc) is 3.24. The molecule has 1 saturated heterocycles. The summed E-state index contributed by atoms with van der Waals surface area (Å²) >= 11 is 0. The summed E-state index contributed by atoms with van der Waals surface area (Å²) in [6, 6.07) is 10.2. The first-order valence-electron chi connectivity index (χ1n) is 7.72. The number of halogens is 2. The van der Waals surface area contributed by atoms with E-state index in [9.17, 15) is 4.79 Å². The van der Waals surface area contributed by atoms with Gasteiger partial charge in [-0.05, 0) is 37.9 Å². The van der Waals surface area contributed by atoms with Crippen LogP contribution in [0.15, 0.2) is 30.3 Å². The molecule has 4 rings (SSSR count). The van der Waals surface area contributed by atoms with Crippen LogP contribution in [0, 0.1) is 0 Å². The Bertz CT molecular complexity index is 697. The number of nitrogens with zero attached hydrogens (tertiary/aromatic N) is 1. The average molecular weight is 354 g/mol. The SMILES string of the molecule is Cl.Cl.O=C(NC1CCNC1)c1cc(C2CC2)nc2ccccc12. The van der Waals surface area contributed by atoms with Gasteiger partial charge in [-0.1, -0.05) is 18.2 Å². The summed E-state index contributed by atoms with van der Waals surface area (Å²) in [5.74, 6) is 0.582. The number of carbonyl (C=O) groups excluding carboxylic acids is 1. The van der Waals surface area contributed by atoms with E-state index in [2.05, 4.69) is 10.6 Å². The van der Waals surface area contributed by atoms with Gasteiger partial charge in [0.15, 0.2) is 0 Å². The van der Waals surface area contributed by atoms with Crippen LogP contribution in [-0.4, -0.2) is 30.0 Å². The van der Waals surface area contributed by atoms with Crippen molar-refractivity contribution in [3.05, 3.63) is 41.6 Å². The second kappa shape index (κ2) is 7.47. The topological polar surface area (TPSA) is 54.0 Å². The largest absolute Gasteiger partial charge is 0.348 e. The van der Waals surface area contributed by atoms with E-state index < -0.39 is 0 Å². The zero-order chi connectivity index (χ0) is 14.2. The minimum atomic E-state index is 0. The number of nitrogens with one attached hydrogen (secondary N) is 2. The molecule has 1 saturated carbocycles. The molecule has 6 heteroatoms. The maximum absolute atomic E-state index is 12.6. The molecule has 0 spiro atoms. The molecule has 2 heterocycles. The van der Waals surface area contributed by atoms with Gasteiger partial charge in [-0.2, -0.15) is 0 Å². The van der Waals surface area contributed by atoms with Gasteiger partial charge in [0.1, 0.15) is 0 Å². The fourth-order valence-electron chi connectivity index (χ4n) is 3.01. The van der Waals surface area contributed by atoms with Crippen molar-refractivity contribution in [1.82, 2.24) is 15.6 Å². The monoisotopic (exact) mass is 353 g/mol. The van der Waals surface area contributed by atoms with Crippen LogP contribution >= 0.6 is 24.8 Å². The molecule has 2 N–H and O–H groups in total. The number of hydrogen-bond acceptors (Lipinski definition) is 3. The number of para-hydroxylation sites is 1. The van der Waals surface area contributed by atoms with Crippen molar-refractivity contribution in [2.45, 2.75) is 31.2 Å². The van der Waals surface area contributed by atoms with Crippen LogP contribution in [0.5, 0.6) is 0 Å². The molecule has 0 bridgehead atoms. The highest BCUT2D eigenvalue weighted by Gasteiger charge is 2.27. The van der Waals surface area contributed by atoms with Gasteiger partial charge in [0.25, 0.3) is 5.91 Å². The van der Waals surface area contributed by atoms with Crippen LogP contribution in [0.1, 0.15) is 41.2 Å². The number of amides is 1. The molecule has 2 aromatic rings. The number of pyridine rings is 1. The Morgan fingerprint density at radius 3 is 2.65 bits per heavy atom. The molecule has 1 atom stereocenters. The highest BCUT2D eigenvalue weighted by molar-refractivity contribution is 6.06. The molecule has 1 aromatic heterocycles. The molecule has 1 unspecified atom stereocenters. The number of hydrogen-bond donors (Lipinski definition) is 2. The van der Waals surface area contributed by atoms with Crippen molar-refractivity contribution in [2.24, 2.45) is 0 Å². The molecule has 1 aromatic carbocycles. The molecule has 2 aliphatic rings. The van der Waals surface area contributed by atoms with E-state index in [-0.39, 0.29) is 36.8 Å². The van der Waals surface area contributed by atoms with Crippen LogP contribution in [0.2, 0.25) is 0 Å². The van der Waals surface area contributed by atoms with Crippen molar-refractivity contribution in [1.29, 1.82) is 0 Å². The summed E-state index contributed by atoms with van der Waals surface area (Å²) in [5.41, 5.74) is 2.77. The quantitative estimate of drug-likeness (QED) is 0.891. The van der Waals surface area contributed by atoms with E-state index >= 15 is 0 Å². The standard InChI is InChI=1S/C17H19N3O.2ClH/c21-17(19-12-7-8-18-10-12)14-9-16(11-5-6-11)20-15-4-2-1-3-13(14)15;;/h1-4,9,11-12,18H,5-8,10H2,(H,19,21);2*1H. The molecule has 0 radical (unpaired) electrons. The van der Waals surface area contributed by atoms with Gasteiger partial charge in [-0.15, -0.1) is 24.8 Å². The number of rotatable bonds is 3. The second-order valence-electron chi connectivity index (χ2n) is 6.05. The first-order valence-corrected chi connectivity index (χ1v) is 7.72. The van der Waals surface area contributed by atoms with E-state index in [4.69, 9.17) is 4.98 Å². The number of fused-ring (bicyclic) bond motifs is 1. The Kier molecular flexibility index (Phi) is 5.84. The van der Waals surface area contributed by atoms with E-state index in [0.29, 0.717) is 5.92 Å². The van der Waals surface area contributed by atoms with Crippen LogP contribution in [0.25, 0.3) is 10.9 Å². The lowest BCUT2D eigenvalue weighted by Crippen LogP contribution is -2.36. The first kappa shape index (κ1) is 18.0. The van der Waals surface area contributed by atoms with Crippen LogP contribution < -0.4 is 10.6 Å². The van der Waals surface area contributed by atoms with Crippen molar-refractivity contribution < 1.29 is 4.79 Å². The normalized spacial score (nSPS) is 19.7. The third kappa shape index (κ3) is 3.77. The van der Waals surface area contributed by atoms with Crippen LogP contribution in [0.3, 0.4) is 0 Å². The van der Waals surface area contributed by atoms with Gasteiger partial charge in [-0.25, -0.2) is 0 Å². The molecule has 1 amide bonds. The van der Waals surface area contributed by atoms with Crippen molar-refractivity contribution in [3.8, 4) is 0 Å². The maximum atomic E-state index is 12.6. The third-order valence-corrected chi connectivity index (χ3v) is 4.37. The van der Waals surface area contributed by atoms with Gasteiger partial charge in [0, 0.05) is 29.6 Å². The van der Waals surface area contributed by atoms with E-state index in [1.54, 1.807) is 0 Å². The van der Waals surface area contributed by atoms with Gasteiger partial charge < -0.3 is 10.6 Å². The van der Waals surface area contributed by atoms with Crippen molar-refractivity contribution in [3.63, 3.8) is 0 Å². The number of aromatic nitrogens is 1. The zero-order valence-electron chi connectivity index (χ0n) is 12.7. The minimum Gasteiger partial charge on any atom is -0.348 e. The summed E-state index contributed by atoms with van der Waals surface area (Å²) in [6.07, 6.45) is 3.39. The van der Waals surface area contributed by atoms with Gasteiger partial charge in [0.05, 0.1) is 11.1 Å². The molecular weight excluding hydrogens is 333 g/mol. The molecule has 1 aliphatic heterocycles. The lowest BCUT2D eigenvalue weighted by Gasteiger charge is -2.13. The lowest BCUT2D eigenvalue weighted by atomic mass is 10.0. The summed E-state index contributed by atoms with van der Waals surface area (Å²) in [4.78, 5) is 17.4. The highest BCUT2D eigenvalue weighted by Crippen LogP contribution is 2.40. The Labute approximate surface area is 148 Å². The summed E-state index contributed by atoms with van der Waals surface area (Å²) in [5, 5.41) is 7.37. The number of benzene rings is 1. The van der Waals surface area contributed by atoms with Crippen LogP contribution in [0.4, 0.5) is 0 Å². The molecule has 1 aliphatic carbocycles. The van der Waals surface area contributed by atoms with E-state index in [1.807, 2.05) is 30.3 Å². The third-order valence-electron chi connectivity index (χ3n) is 4.37. The van der Waals surface area contributed by atoms with E-state index in [1.165, 1.54) is 12.8 Å². The summed E-state index contributed by atoms with van der Waals surface area (Å²) in [7, 11) is 0. The highest BCUT2D eigenvalue weighted by atomic mass is 35.5. The molecule has 23 heavy (non-hydrogen) atoms. The van der Waals surface area contributed by atoms with Gasteiger partial charge >= 0.3 is 0 Å². The minimum absolute atomic E-state index is 0. The Morgan fingerprint density at radius 2 is 1.96 bits per heavy atom. The van der Waals surface area contributed by atoms with Crippen molar-refractivity contribution >= 4 is 41.6 Å². The molecule has 4 nitrogen and oxygen atoms in total. The van der Waals surface area contributed by atoms with E-state index in [0.717, 1.165) is 41.7 Å². The Balaban J connectivity index is 0.000000960. The fourth-order valence-corrected chi connectivity index (χ4v) is 3.01. The number of carbonyl (C=O) groups is 1. The molecular formula is C17H21Cl2N3O. The Hall–Kier alpha value is -1.36. The predicted molar refractivity (Wildman–Crippen MR) is 97.0 cm³/mol. The lowest BCUT2D eigenvalue weighted by molar-refractivity contribution is 0.0941. The van der Waals surface area contributed by atoms with Gasteiger partial charge in [-0.3, -0.25) is 9.78 Å². The molecule has 2 fully saturated rings. The summed E-state index contributed by atoms with van der Waals surface area (Å²) in [6.45, 7) is 1.85. The maximum Gasteiger partial charge on any atom is 0.252 e. The van der Waals surface area contributed by atoms with Gasteiger partial charge in [0.2, 0.25) is 0 Å².